The SMILES string of the molecule is CCc1cc(Cl)nc(-c2ccc(Br)c(C)c2)n1. The molecule has 0 unspecified atom stereocenters. The van der Waals surface area contributed by atoms with Crippen LogP contribution in [0.2, 0.25) is 5.15 Å². The van der Waals surface area contributed by atoms with Crippen LogP contribution in [0.4, 0.5) is 0 Å². The summed E-state index contributed by atoms with van der Waals surface area (Å²) >= 11 is 9.47. The van der Waals surface area contributed by atoms with Crippen molar-refractivity contribution in [1.29, 1.82) is 0 Å². The van der Waals surface area contributed by atoms with E-state index in [1.54, 1.807) is 6.07 Å². The fourth-order valence-corrected chi connectivity index (χ4v) is 2.01. The van der Waals surface area contributed by atoms with E-state index in [-0.39, 0.29) is 0 Å². The Morgan fingerprint density at radius 3 is 2.65 bits per heavy atom. The maximum Gasteiger partial charge on any atom is 0.161 e. The van der Waals surface area contributed by atoms with Gasteiger partial charge in [0.2, 0.25) is 0 Å². The number of hydrogen-bond acceptors (Lipinski definition) is 2. The maximum atomic E-state index is 5.99. The Bertz CT molecular complexity index is 555. The van der Waals surface area contributed by atoms with Crippen molar-refractivity contribution in [2.24, 2.45) is 0 Å². The third-order valence-electron chi connectivity index (χ3n) is 2.53. The highest BCUT2D eigenvalue weighted by Crippen LogP contribution is 2.24. The van der Waals surface area contributed by atoms with Crippen LogP contribution in [0, 0.1) is 6.92 Å². The molecule has 0 atom stereocenters. The molecule has 0 amide bonds. The molecule has 1 heterocycles. The first kappa shape index (κ1) is 12.5. The molecule has 0 N–H and O–H groups in total. The van der Waals surface area contributed by atoms with Crippen LogP contribution in [0.25, 0.3) is 11.4 Å². The summed E-state index contributed by atoms with van der Waals surface area (Å²) in [7, 11) is 0. The summed E-state index contributed by atoms with van der Waals surface area (Å²) in [5.74, 6) is 0.685. The normalized spacial score (nSPS) is 10.6. The average Bonchev–Trinajstić information content (AvgIpc) is 2.32. The minimum atomic E-state index is 0.493. The standard InChI is InChI=1S/C13H12BrClN2/c1-3-10-7-12(15)17-13(16-10)9-4-5-11(14)8(2)6-9/h4-7H,3H2,1-2H3. The van der Waals surface area contributed by atoms with Crippen LogP contribution >= 0.6 is 27.5 Å². The van der Waals surface area contributed by atoms with Gasteiger partial charge >= 0.3 is 0 Å². The van der Waals surface area contributed by atoms with Gasteiger partial charge in [-0.1, -0.05) is 40.5 Å². The Morgan fingerprint density at radius 1 is 1.24 bits per heavy atom. The molecule has 2 aromatic rings. The summed E-state index contributed by atoms with van der Waals surface area (Å²) in [4.78, 5) is 8.74. The van der Waals surface area contributed by atoms with Gasteiger partial charge in [-0.3, -0.25) is 0 Å². The van der Waals surface area contributed by atoms with Gasteiger partial charge in [-0.05, 0) is 37.1 Å². The maximum absolute atomic E-state index is 5.99. The van der Waals surface area contributed by atoms with Gasteiger partial charge in [0.1, 0.15) is 5.15 Å². The molecule has 0 radical (unpaired) electrons. The van der Waals surface area contributed by atoms with Crippen molar-refractivity contribution in [2.75, 3.05) is 0 Å². The van der Waals surface area contributed by atoms with Crippen molar-refractivity contribution in [1.82, 2.24) is 9.97 Å². The van der Waals surface area contributed by atoms with Crippen LogP contribution in [-0.2, 0) is 6.42 Å². The van der Waals surface area contributed by atoms with Crippen molar-refractivity contribution < 1.29 is 0 Å². The molecule has 0 fully saturated rings. The minimum Gasteiger partial charge on any atom is -0.233 e. The first-order valence-corrected chi connectivity index (χ1v) is 6.57. The Balaban J connectivity index is 2.52. The topological polar surface area (TPSA) is 25.8 Å². The van der Waals surface area contributed by atoms with E-state index in [0.29, 0.717) is 11.0 Å². The van der Waals surface area contributed by atoms with Crippen LogP contribution in [0.15, 0.2) is 28.7 Å². The Morgan fingerprint density at radius 2 is 2.00 bits per heavy atom. The highest BCUT2D eigenvalue weighted by atomic mass is 79.9. The molecule has 17 heavy (non-hydrogen) atoms. The molecule has 0 spiro atoms. The van der Waals surface area contributed by atoms with Crippen LogP contribution in [0.3, 0.4) is 0 Å². The predicted octanol–water partition coefficient (Wildman–Crippen LogP) is 4.43. The van der Waals surface area contributed by atoms with Crippen molar-refractivity contribution >= 4 is 27.5 Å². The third-order valence-corrected chi connectivity index (χ3v) is 3.61. The first-order chi connectivity index (χ1) is 8.10. The molecule has 0 aliphatic rings. The van der Waals surface area contributed by atoms with E-state index in [2.05, 4.69) is 38.9 Å². The lowest BCUT2D eigenvalue weighted by atomic mass is 10.1. The second-order valence-corrected chi connectivity index (χ2v) is 5.06. The number of hydrogen-bond donors (Lipinski definition) is 0. The Kier molecular flexibility index (Phi) is 3.79. The lowest BCUT2D eigenvalue weighted by molar-refractivity contribution is 1.00. The Labute approximate surface area is 114 Å². The molecule has 4 heteroatoms. The number of aromatic nitrogens is 2. The van der Waals surface area contributed by atoms with E-state index in [0.717, 1.165) is 27.7 Å². The summed E-state index contributed by atoms with van der Waals surface area (Å²) < 4.78 is 1.08. The molecular weight excluding hydrogens is 300 g/mol. The zero-order valence-electron chi connectivity index (χ0n) is 9.67. The van der Waals surface area contributed by atoms with Gasteiger partial charge in [-0.25, -0.2) is 9.97 Å². The zero-order valence-corrected chi connectivity index (χ0v) is 12.0. The highest BCUT2D eigenvalue weighted by Gasteiger charge is 2.06. The number of benzene rings is 1. The molecule has 2 nitrogen and oxygen atoms in total. The predicted molar refractivity (Wildman–Crippen MR) is 74.3 cm³/mol. The monoisotopic (exact) mass is 310 g/mol. The van der Waals surface area contributed by atoms with E-state index in [4.69, 9.17) is 11.6 Å². The lowest BCUT2D eigenvalue weighted by Gasteiger charge is -2.05. The number of nitrogens with zero attached hydrogens (tertiary/aromatic N) is 2. The van der Waals surface area contributed by atoms with E-state index in [1.807, 2.05) is 19.1 Å². The van der Waals surface area contributed by atoms with Crippen molar-refractivity contribution in [3.63, 3.8) is 0 Å². The van der Waals surface area contributed by atoms with Crippen LogP contribution in [-0.4, -0.2) is 9.97 Å². The number of halogens is 2. The smallest absolute Gasteiger partial charge is 0.161 e. The van der Waals surface area contributed by atoms with Crippen molar-refractivity contribution in [2.45, 2.75) is 20.3 Å². The molecule has 1 aromatic carbocycles. The molecule has 0 saturated carbocycles. The van der Waals surface area contributed by atoms with Gasteiger partial charge in [0, 0.05) is 15.7 Å². The molecular formula is C13H12BrClN2. The Hall–Kier alpha value is -0.930. The van der Waals surface area contributed by atoms with Crippen molar-refractivity contribution in [3.8, 4) is 11.4 Å². The summed E-state index contributed by atoms with van der Waals surface area (Å²) in [6.45, 7) is 4.09. The molecule has 0 aliphatic heterocycles. The van der Waals surface area contributed by atoms with E-state index < -0.39 is 0 Å². The fourth-order valence-electron chi connectivity index (χ4n) is 1.56. The van der Waals surface area contributed by atoms with E-state index >= 15 is 0 Å². The molecule has 0 bridgehead atoms. The highest BCUT2D eigenvalue weighted by molar-refractivity contribution is 9.10. The van der Waals surface area contributed by atoms with Gasteiger partial charge in [0.25, 0.3) is 0 Å². The summed E-state index contributed by atoms with van der Waals surface area (Å²) in [6.07, 6.45) is 0.852. The largest absolute Gasteiger partial charge is 0.233 e. The molecule has 88 valence electrons. The van der Waals surface area contributed by atoms with E-state index in [1.165, 1.54) is 0 Å². The van der Waals surface area contributed by atoms with Gasteiger partial charge < -0.3 is 0 Å². The lowest BCUT2D eigenvalue weighted by Crippen LogP contribution is -1.95. The summed E-state index contributed by atoms with van der Waals surface area (Å²) in [5, 5.41) is 0.493. The molecule has 2 rings (SSSR count). The molecule has 1 aromatic heterocycles. The average molecular weight is 312 g/mol. The fraction of sp³-hybridized carbons (Fsp3) is 0.231. The first-order valence-electron chi connectivity index (χ1n) is 5.40. The van der Waals surface area contributed by atoms with Crippen molar-refractivity contribution in [3.05, 3.63) is 45.1 Å². The molecule has 0 saturated heterocycles. The van der Waals surface area contributed by atoms with Crippen LogP contribution in [0.5, 0.6) is 0 Å². The second kappa shape index (κ2) is 5.15. The quantitative estimate of drug-likeness (QED) is 0.767. The zero-order chi connectivity index (χ0) is 12.4. The number of rotatable bonds is 2. The number of aryl methyl sites for hydroxylation is 2. The van der Waals surface area contributed by atoms with Gasteiger partial charge in [0.05, 0.1) is 0 Å². The summed E-state index contributed by atoms with van der Waals surface area (Å²) in [5.41, 5.74) is 3.10. The summed E-state index contributed by atoms with van der Waals surface area (Å²) in [6, 6.07) is 7.84. The third kappa shape index (κ3) is 2.85. The minimum absolute atomic E-state index is 0.493. The van der Waals surface area contributed by atoms with Crippen LogP contribution in [0.1, 0.15) is 18.2 Å². The van der Waals surface area contributed by atoms with E-state index in [9.17, 15) is 0 Å². The molecule has 0 aliphatic carbocycles. The van der Waals surface area contributed by atoms with Crippen LogP contribution < -0.4 is 0 Å². The van der Waals surface area contributed by atoms with Gasteiger partial charge in [0.15, 0.2) is 5.82 Å². The second-order valence-electron chi connectivity index (χ2n) is 3.82. The van der Waals surface area contributed by atoms with Gasteiger partial charge in [-0.15, -0.1) is 0 Å². The van der Waals surface area contributed by atoms with Gasteiger partial charge in [-0.2, -0.15) is 0 Å².